The van der Waals surface area contributed by atoms with Crippen molar-refractivity contribution in [3.63, 3.8) is 0 Å². The second-order valence-corrected chi connectivity index (χ2v) is 11.9. The highest BCUT2D eigenvalue weighted by atomic mass is 16.3. The van der Waals surface area contributed by atoms with Gasteiger partial charge in [-0.3, -0.25) is 0 Å². The Bertz CT molecular complexity index is 526. The minimum atomic E-state index is -0.123. The zero-order valence-electron chi connectivity index (χ0n) is 18.2. The normalized spacial score (nSPS) is 55.8. The maximum atomic E-state index is 10.5. The first-order valence-corrected chi connectivity index (χ1v) is 11.9. The summed E-state index contributed by atoms with van der Waals surface area (Å²) in [5.41, 5.74) is 1.52. The summed E-state index contributed by atoms with van der Waals surface area (Å²) in [5.74, 6) is 4.20. The molecule has 0 amide bonds. The lowest BCUT2D eigenvalue weighted by Crippen LogP contribution is -2.58. The molecule has 0 spiro atoms. The van der Waals surface area contributed by atoms with Crippen LogP contribution in [-0.2, 0) is 0 Å². The molecule has 4 fully saturated rings. The Kier molecular flexibility index (Phi) is 4.82. The molecule has 0 aromatic carbocycles. The second kappa shape index (κ2) is 6.50. The van der Waals surface area contributed by atoms with E-state index in [0.717, 1.165) is 23.7 Å². The molecule has 1 N–H and O–H groups in total. The van der Waals surface area contributed by atoms with E-state index in [1.165, 1.54) is 70.6 Å². The van der Waals surface area contributed by atoms with Crippen molar-refractivity contribution in [1.29, 1.82) is 0 Å². The van der Waals surface area contributed by atoms with Crippen LogP contribution in [0.15, 0.2) is 0 Å². The molecule has 0 heterocycles. The molecular formula is C25H44O. The highest BCUT2D eigenvalue weighted by Gasteiger charge is 2.61. The van der Waals surface area contributed by atoms with Gasteiger partial charge in [-0.1, -0.05) is 47.0 Å². The molecule has 1 heteroatoms. The van der Waals surface area contributed by atoms with Crippen molar-refractivity contribution in [3.05, 3.63) is 0 Å². The molecule has 4 aliphatic carbocycles. The predicted molar refractivity (Wildman–Crippen MR) is 110 cm³/mol. The fraction of sp³-hybridized carbons (Fsp3) is 1.00. The van der Waals surface area contributed by atoms with Gasteiger partial charge < -0.3 is 5.11 Å². The first-order valence-electron chi connectivity index (χ1n) is 11.9. The van der Waals surface area contributed by atoms with Gasteiger partial charge in [-0.15, -0.1) is 0 Å². The van der Waals surface area contributed by atoms with Crippen LogP contribution in [0.1, 0.15) is 105 Å². The molecule has 26 heavy (non-hydrogen) atoms. The largest absolute Gasteiger partial charge is 0.393 e. The topological polar surface area (TPSA) is 20.2 Å². The number of hydrogen-bond donors (Lipinski definition) is 1. The lowest BCUT2D eigenvalue weighted by atomic mass is 9.39. The van der Waals surface area contributed by atoms with E-state index in [0.29, 0.717) is 22.2 Å². The van der Waals surface area contributed by atoms with Gasteiger partial charge in [0.25, 0.3) is 0 Å². The van der Waals surface area contributed by atoms with Crippen molar-refractivity contribution in [1.82, 2.24) is 0 Å². The second-order valence-electron chi connectivity index (χ2n) is 11.9. The molecule has 0 radical (unpaired) electrons. The van der Waals surface area contributed by atoms with Gasteiger partial charge in [-0.25, -0.2) is 0 Å². The summed E-state index contributed by atoms with van der Waals surface area (Å²) >= 11 is 0. The van der Waals surface area contributed by atoms with Crippen molar-refractivity contribution in [2.75, 3.05) is 0 Å². The van der Waals surface area contributed by atoms with Crippen LogP contribution < -0.4 is 0 Å². The lowest BCUT2D eigenvalue weighted by Gasteiger charge is -2.65. The van der Waals surface area contributed by atoms with E-state index in [4.69, 9.17) is 0 Å². The quantitative estimate of drug-likeness (QED) is 0.543. The van der Waals surface area contributed by atoms with Crippen molar-refractivity contribution in [2.45, 2.75) is 111 Å². The van der Waals surface area contributed by atoms with Crippen LogP contribution in [0.2, 0.25) is 0 Å². The van der Waals surface area contributed by atoms with Crippen molar-refractivity contribution < 1.29 is 5.11 Å². The summed E-state index contributed by atoms with van der Waals surface area (Å²) in [7, 11) is 0. The van der Waals surface area contributed by atoms with E-state index in [1.807, 2.05) is 0 Å². The van der Waals surface area contributed by atoms with Crippen LogP contribution >= 0.6 is 0 Å². The number of hydrogen-bond acceptors (Lipinski definition) is 1. The standard InChI is InChI=1S/C25H44O/c1-17-8-7-13-25(5)22-12-15-24(4)20(18(2)26)9-6-10-21(24)19(22)11-14-23(25,3)16-17/h17-22,26H,6-16H2,1-5H3. The van der Waals surface area contributed by atoms with Crippen LogP contribution in [0, 0.1) is 45.8 Å². The lowest BCUT2D eigenvalue weighted by molar-refractivity contribution is -0.172. The molecule has 0 saturated heterocycles. The third-order valence-corrected chi connectivity index (χ3v) is 10.8. The predicted octanol–water partition coefficient (Wildman–Crippen LogP) is 6.83. The van der Waals surface area contributed by atoms with Gasteiger partial charge in [0.15, 0.2) is 0 Å². The molecule has 9 atom stereocenters. The zero-order chi connectivity index (χ0) is 18.7. The van der Waals surface area contributed by atoms with Crippen LogP contribution in [0.5, 0.6) is 0 Å². The SMILES string of the molecule is CC1CCCC2(C)C3CCC4(C)C(C(C)O)CCCC4C3CCC2(C)C1. The van der Waals surface area contributed by atoms with Crippen molar-refractivity contribution in [3.8, 4) is 0 Å². The Hall–Kier alpha value is -0.0400. The van der Waals surface area contributed by atoms with Crippen molar-refractivity contribution in [2.24, 2.45) is 45.8 Å². The Morgan fingerprint density at radius 2 is 1.62 bits per heavy atom. The summed E-state index contributed by atoms with van der Waals surface area (Å²) in [4.78, 5) is 0. The number of fused-ring (bicyclic) bond motifs is 5. The van der Waals surface area contributed by atoms with Gasteiger partial charge in [0.05, 0.1) is 6.10 Å². The molecule has 4 rings (SSSR count). The van der Waals surface area contributed by atoms with Crippen LogP contribution in [0.3, 0.4) is 0 Å². The molecule has 9 unspecified atom stereocenters. The summed E-state index contributed by atoms with van der Waals surface area (Å²) in [6, 6.07) is 0. The molecule has 4 aliphatic rings. The first-order chi connectivity index (χ1) is 12.2. The summed E-state index contributed by atoms with van der Waals surface area (Å²) in [6.07, 6.45) is 15.5. The van der Waals surface area contributed by atoms with E-state index in [9.17, 15) is 5.11 Å². The zero-order valence-corrected chi connectivity index (χ0v) is 18.2. The van der Waals surface area contributed by atoms with Gasteiger partial charge in [0.1, 0.15) is 0 Å². The van der Waals surface area contributed by atoms with E-state index in [2.05, 4.69) is 34.6 Å². The van der Waals surface area contributed by atoms with E-state index < -0.39 is 0 Å². The van der Waals surface area contributed by atoms with Gasteiger partial charge in [0, 0.05) is 0 Å². The minimum Gasteiger partial charge on any atom is -0.393 e. The molecule has 0 aromatic rings. The van der Waals surface area contributed by atoms with Gasteiger partial charge in [-0.2, -0.15) is 0 Å². The molecule has 0 aromatic heterocycles. The fourth-order valence-corrected chi connectivity index (χ4v) is 9.24. The van der Waals surface area contributed by atoms with E-state index >= 15 is 0 Å². The molecule has 1 nitrogen and oxygen atoms in total. The first kappa shape index (κ1) is 19.3. The molecule has 0 bridgehead atoms. The Labute approximate surface area is 162 Å². The van der Waals surface area contributed by atoms with Crippen molar-refractivity contribution >= 4 is 0 Å². The summed E-state index contributed by atoms with van der Waals surface area (Å²) in [6.45, 7) is 12.5. The van der Waals surface area contributed by atoms with Crippen LogP contribution in [-0.4, -0.2) is 11.2 Å². The fourth-order valence-electron chi connectivity index (χ4n) is 9.24. The van der Waals surface area contributed by atoms with Crippen LogP contribution in [0.25, 0.3) is 0 Å². The summed E-state index contributed by atoms with van der Waals surface area (Å²) in [5, 5.41) is 10.5. The minimum absolute atomic E-state index is 0.123. The monoisotopic (exact) mass is 360 g/mol. The molecule has 150 valence electrons. The van der Waals surface area contributed by atoms with Crippen LogP contribution in [0.4, 0.5) is 0 Å². The molecular weight excluding hydrogens is 316 g/mol. The van der Waals surface area contributed by atoms with E-state index in [1.54, 1.807) is 0 Å². The highest BCUT2D eigenvalue weighted by Crippen LogP contribution is 2.69. The maximum absolute atomic E-state index is 10.5. The molecule has 0 aliphatic heterocycles. The summed E-state index contributed by atoms with van der Waals surface area (Å²) < 4.78 is 0. The number of aliphatic hydroxyl groups excluding tert-OH is 1. The third kappa shape index (κ3) is 2.66. The average Bonchev–Trinajstić information content (AvgIpc) is 2.68. The van der Waals surface area contributed by atoms with E-state index in [-0.39, 0.29) is 6.10 Å². The third-order valence-electron chi connectivity index (χ3n) is 10.8. The Morgan fingerprint density at radius 3 is 2.35 bits per heavy atom. The average molecular weight is 361 g/mol. The number of rotatable bonds is 1. The molecule has 4 saturated carbocycles. The number of aliphatic hydroxyl groups is 1. The maximum Gasteiger partial charge on any atom is 0.0545 e. The highest BCUT2D eigenvalue weighted by molar-refractivity contribution is 5.11. The smallest absolute Gasteiger partial charge is 0.0545 e. The Balaban J connectivity index is 1.66. The Morgan fingerprint density at radius 1 is 0.846 bits per heavy atom. The van der Waals surface area contributed by atoms with Gasteiger partial charge in [-0.05, 0) is 104 Å². The van der Waals surface area contributed by atoms with Gasteiger partial charge >= 0.3 is 0 Å². The van der Waals surface area contributed by atoms with Gasteiger partial charge in [0.2, 0.25) is 0 Å².